The smallest absolute Gasteiger partial charge is 0.258 e. The standard InChI is InChI=1S/C33H21NO2/c1-18-16-30-21-7-3-2-6-20(21)23-8-5-11-28(33(23)30)31(18)27-15-14-26-22-13-12-19(34(35)36)17-29(22)25-10-4-9-24(27)32(25)26/h2-15,17-18H,16H2,1H3. The first-order valence-corrected chi connectivity index (χ1v) is 12.4. The summed E-state index contributed by atoms with van der Waals surface area (Å²) in [5, 5.41) is 16.6. The van der Waals surface area contributed by atoms with Crippen molar-refractivity contribution < 1.29 is 4.92 Å². The van der Waals surface area contributed by atoms with Crippen molar-refractivity contribution in [2.24, 2.45) is 5.92 Å². The Morgan fingerprint density at radius 3 is 2.22 bits per heavy atom. The lowest BCUT2D eigenvalue weighted by Gasteiger charge is -2.24. The number of nitro benzene ring substituents is 1. The summed E-state index contributed by atoms with van der Waals surface area (Å²) < 4.78 is 0. The molecule has 3 nitrogen and oxygen atoms in total. The topological polar surface area (TPSA) is 43.1 Å². The van der Waals surface area contributed by atoms with Crippen molar-refractivity contribution in [3.8, 4) is 33.4 Å². The number of hydrogen-bond donors (Lipinski definition) is 0. The molecule has 3 aliphatic carbocycles. The van der Waals surface area contributed by atoms with E-state index in [0.29, 0.717) is 5.92 Å². The van der Waals surface area contributed by atoms with Gasteiger partial charge in [0, 0.05) is 12.1 Å². The highest BCUT2D eigenvalue weighted by atomic mass is 16.6. The second kappa shape index (κ2) is 6.79. The van der Waals surface area contributed by atoms with E-state index in [1.807, 2.05) is 6.07 Å². The molecule has 5 aromatic rings. The highest BCUT2D eigenvalue weighted by Crippen LogP contribution is 2.50. The molecule has 0 amide bonds. The van der Waals surface area contributed by atoms with E-state index in [9.17, 15) is 10.1 Å². The lowest BCUT2D eigenvalue weighted by atomic mass is 9.80. The van der Waals surface area contributed by atoms with Crippen molar-refractivity contribution in [2.75, 3.05) is 0 Å². The average Bonchev–Trinajstić information content (AvgIpc) is 3.40. The molecule has 8 rings (SSSR count). The van der Waals surface area contributed by atoms with Gasteiger partial charge in [0.1, 0.15) is 0 Å². The third-order valence-corrected chi connectivity index (χ3v) is 8.33. The molecule has 0 aliphatic heterocycles. The Bertz CT molecular complexity index is 1960. The van der Waals surface area contributed by atoms with Crippen LogP contribution < -0.4 is 10.4 Å². The number of hydrogen-bond acceptors (Lipinski definition) is 2. The quantitative estimate of drug-likeness (QED) is 0.209. The van der Waals surface area contributed by atoms with Gasteiger partial charge in [-0.3, -0.25) is 10.1 Å². The van der Waals surface area contributed by atoms with Gasteiger partial charge in [0.05, 0.1) is 4.92 Å². The van der Waals surface area contributed by atoms with E-state index in [0.717, 1.165) is 28.7 Å². The van der Waals surface area contributed by atoms with E-state index in [1.165, 1.54) is 54.6 Å². The zero-order valence-corrected chi connectivity index (χ0v) is 19.7. The number of benzene rings is 5. The number of rotatable bonds is 2. The largest absolute Gasteiger partial charge is 0.270 e. The summed E-state index contributed by atoms with van der Waals surface area (Å²) in [4.78, 5) is 11.2. The number of fused-ring (bicyclic) bond motifs is 6. The van der Waals surface area contributed by atoms with Gasteiger partial charge in [-0.05, 0) is 95.3 Å². The molecule has 36 heavy (non-hydrogen) atoms. The molecule has 3 aliphatic rings. The van der Waals surface area contributed by atoms with Crippen molar-refractivity contribution in [3.63, 3.8) is 0 Å². The highest BCUT2D eigenvalue weighted by Gasteiger charge is 2.30. The molecular weight excluding hydrogens is 442 g/mol. The second-order valence-electron chi connectivity index (χ2n) is 10.1. The summed E-state index contributed by atoms with van der Waals surface area (Å²) in [6.45, 7) is 2.35. The minimum absolute atomic E-state index is 0.136. The molecule has 1 atom stereocenters. The van der Waals surface area contributed by atoms with Gasteiger partial charge in [-0.1, -0.05) is 79.7 Å². The van der Waals surface area contributed by atoms with Crippen molar-refractivity contribution in [2.45, 2.75) is 13.3 Å². The van der Waals surface area contributed by atoms with Crippen LogP contribution >= 0.6 is 0 Å². The lowest BCUT2D eigenvalue weighted by molar-refractivity contribution is -0.384. The van der Waals surface area contributed by atoms with Crippen LogP contribution in [-0.2, 0) is 0 Å². The van der Waals surface area contributed by atoms with E-state index in [-0.39, 0.29) is 10.6 Å². The zero-order valence-electron chi connectivity index (χ0n) is 19.7. The molecule has 0 radical (unpaired) electrons. The van der Waals surface area contributed by atoms with Gasteiger partial charge in [0.25, 0.3) is 5.69 Å². The first-order valence-electron chi connectivity index (χ1n) is 12.4. The van der Waals surface area contributed by atoms with Crippen LogP contribution in [0.5, 0.6) is 0 Å². The summed E-state index contributed by atoms with van der Waals surface area (Å²) in [6, 6.07) is 31.7. The SMILES string of the molecule is CC1CC2=c3c(cccc3=C1c1ccc3c4c(cccc14)-c1cc([N+](=O)[O-])ccc1-3)-c1ccccc12. The lowest BCUT2D eigenvalue weighted by Crippen LogP contribution is -2.35. The van der Waals surface area contributed by atoms with Crippen molar-refractivity contribution >= 4 is 27.6 Å². The Balaban J connectivity index is 1.46. The maximum Gasteiger partial charge on any atom is 0.270 e. The molecule has 0 fully saturated rings. The Labute approximate surface area is 207 Å². The first-order chi connectivity index (χ1) is 17.6. The molecular formula is C33H21NO2. The van der Waals surface area contributed by atoms with Gasteiger partial charge in [0.15, 0.2) is 0 Å². The molecule has 1 unspecified atom stereocenters. The van der Waals surface area contributed by atoms with Crippen molar-refractivity contribution in [1.82, 2.24) is 0 Å². The minimum atomic E-state index is -0.309. The fraction of sp³-hybridized carbons (Fsp3) is 0.0909. The predicted molar refractivity (Wildman–Crippen MR) is 145 cm³/mol. The molecule has 5 aromatic carbocycles. The normalized spacial score (nSPS) is 16.2. The zero-order chi connectivity index (χ0) is 24.1. The van der Waals surface area contributed by atoms with Crippen LogP contribution in [0.4, 0.5) is 5.69 Å². The van der Waals surface area contributed by atoms with E-state index in [2.05, 4.69) is 79.7 Å². The fourth-order valence-corrected chi connectivity index (χ4v) is 6.93. The highest BCUT2D eigenvalue weighted by molar-refractivity contribution is 6.18. The monoisotopic (exact) mass is 463 g/mol. The molecule has 0 spiro atoms. The second-order valence-corrected chi connectivity index (χ2v) is 10.1. The minimum Gasteiger partial charge on any atom is -0.258 e. The third-order valence-electron chi connectivity index (χ3n) is 8.33. The van der Waals surface area contributed by atoms with Gasteiger partial charge in [-0.25, -0.2) is 0 Å². The van der Waals surface area contributed by atoms with Crippen LogP contribution in [0.2, 0.25) is 0 Å². The van der Waals surface area contributed by atoms with Crippen LogP contribution in [0.3, 0.4) is 0 Å². The van der Waals surface area contributed by atoms with Gasteiger partial charge in [-0.2, -0.15) is 0 Å². The Kier molecular flexibility index (Phi) is 3.73. The molecule has 3 heteroatoms. The summed E-state index contributed by atoms with van der Waals surface area (Å²) in [5.74, 6) is 0.371. The van der Waals surface area contributed by atoms with Gasteiger partial charge in [-0.15, -0.1) is 0 Å². The van der Waals surface area contributed by atoms with E-state index < -0.39 is 0 Å². The van der Waals surface area contributed by atoms with Crippen molar-refractivity contribution in [3.05, 3.63) is 123 Å². The molecule has 0 saturated heterocycles. The van der Waals surface area contributed by atoms with Crippen molar-refractivity contribution in [1.29, 1.82) is 0 Å². The summed E-state index contributed by atoms with van der Waals surface area (Å²) in [7, 11) is 0. The Hall–Kier alpha value is -4.50. The van der Waals surface area contributed by atoms with E-state index in [4.69, 9.17) is 0 Å². The summed E-state index contributed by atoms with van der Waals surface area (Å²) in [6.07, 6.45) is 1.02. The Morgan fingerprint density at radius 1 is 0.694 bits per heavy atom. The summed E-state index contributed by atoms with van der Waals surface area (Å²) in [5.41, 5.74) is 12.6. The molecule has 0 N–H and O–H groups in total. The van der Waals surface area contributed by atoms with Crippen LogP contribution in [0, 0.1) is 16.0 Å². The third kappa shape index (κ3) is 2.37. The summed E-state index contributed by atoms with van der Waals surface area (Å²) >= 11 is 0. The molecule has 170 valence electrons. The van der Waals surface area contributed by atoms with E-state index >= 15 is 0 Å². The molecule has 0 heterocycles. The molecule has 0 bridgehead atoms. The maximum atomic E-state index is 11.5. The number of nitro groups is 1. The van der Waals surface area contributed by atoms with Crippen LogP contribution in [-0.4, -0.2) is 4.92 Å². The first kappa shape index (κ1) is 19.8. The molecule has 0 saturated carbocycles. The van der Waals surface area contributed by atoms with Gasteiger partial charge in [0.2, 0.25) is 0 Å². The predicted octanol–water partition coefficient (Wildman–Crippen LogP) is 6.81. The Morgan fingerprint density at radius 2 is 1.36 bits per heavy atom. The van der Waals surface area contributed by atoms with Crippen LogP contribution in [0.25, 0.3) is 55.3 Å². The maximum absolute atomic E-state index is 11.5. The average molecular weight is 464 g/mol. The van der Waals surface area contributed by atoms with Gasteiger partial charge < -0.3 is 0 Å². The van der Waals surface area contributed by atoms with E-state index in [1.54, 1.807) is 12.1 Å². The molecule has 0 aromatic heterocycles. The number of nitrogens with zero attached hydrogens (tertiary/aromatic N) is 1. The van der Waals surface area contributed by atoms with Crippen LogP contribution in [0.1, 0.15) is 24.5 Å². The van der Waals surface area contributed by atoms with Gasteiger partial charge >= 0.3 is 0 Å². The number of non-ortho nitro benzene ring substituents is 1. The fourth-order valence-electron chi connectivity index (χ4n) is 6.93. The van der Waals surface area contributed by atoms with Crippen LogP contribution in [0.15, 0.2) is 91.0 Å².